The first-order valence-corrected chi connectivity index (χ1v) is 9.51. The summed E-state index contributed by atoms with van der Waals surface area (Å²) in [6.45, 7) is 0.531. The van der Waals surface area contributed by atoms with E-state index in [1.165, 1.54) is 31.4 Å². The van der Waals surface area contributed by atoms with Gasteiger partial charge in [-0.15, -0.1) is 0 Å². The molecule has 140 valence electrons. The Morgan fingerprint density at radius 3 is 2.50 bits per heavy atom. The molecule has 0 atom stereocenters. The molecule has 0 unspecified atom stereocenters. The van der Waals surface area contributed by atoms with Crippen LogP contribution in [0.1, 0.15) is 15.9 Å². The summed E-state index contributed by atoms with van der Waals surface area (Å²) in [4.78, 5) is 12.2. The lowest BCUT2D eigenvalue weighted by Gasteiger charge is -2.09. The van der Waals surface area contributed by atoms with Gasteiger partial charge in [0, 0.05) is 20.2 Å². The number of nitrogens with one attached hydrogen (secondary N) is 2. The SMILES string of the molecule is COCCNS(=O)(=O)c1ccc(CNC(=O)c2c(F)cccc2Cl)cc1. The zero-order chi connectivity index (χ0) is 19.2. The van der Waals surface area contributed by atoms with Crippen molar-refractivity contribution in [2.75, 3.05) is 20.3 Å². The number of carbonyl (C=O) groups is 1. The standard InChI is InChI=1S/C17H18ClFN2O4S/c1-25-10-9-21-26(23,24)13-7-5-12(6-8-13)11-20-17(22)16-14(18)3-2-4-15(16)19/h2-8,21H,9-11H2,1H3,(H,20,22). The molecule has 0 saturated carbocycles. The van der Waals surface area contributed by atoms with Crippen molar-refractivity contribution < 1.29 is 22.3 Å². The van der Waals surface area contributed by atoms with E-state index >= 15 is 0 Å². The molecule has 0 radical (unpaired) electrons. The average Bonchev–Trinajstić information content (AvgIpc) is 2.60. The topological polar surface area (TPSA) is 84.5 Å². The van der Waals surface area contributed by atoms with Crippen LogP contribution in [0, 0.1) is 5.82 Å². The number of rotatable bonds is 8. The second kappa shape index (κ2) is 9.09. The third kappa shape index (κ3) is 5.25. The highest BCUT2D eigenvalue weighted by molar-refractivity contribution is 7.89. The lowest BCUT2D eigenvalue weighted by Crippen LogP contribution is -2.27. The third-order valence-electron chi connectivity index (χ3n) is 3.47. The maximum Gasteiger partial charge on any atom is 0.256 e. The Balaban J connectivity index is 2.00. The van der Waals surface area contributed by atoms with E-state index in [2.05, 4.69) is 10.0 Å². The van der Waals surface area contributed by atoms with E-state index < -0.39 is 21.7 Å². The van der Waals surface area contributed by atoms with Gasteiger partial charge in [0.1, 0.15) is 5.82 Å². The highest BCUT2D eigenvalue weighted by atomic mass is 35.5. The van der Waals surface area contributed by atoms with E-state index in [1.54, 1.807) is 12.1 Å². The summed E-state index contributed by atoms with van der Waals surface area (Å²) in [5.41, 5.74) is 0.428. The monoisotopic (exact) mass is 400 g/mol. The van der Waals surface area contributed by atoms with Crippen LogP contribution < -0.4 is 10.0 Å². The quantitative estimate of drug-likeness (QED) is 0.666. The summed E-state index contributed by atoms with van der Waals surface area (Å²) in [5, 5.41) is 2.57. The van der Waals surface area contributed by atoms with Crippen LogP contribution in [0.3, 0.4) is 0 Å². The number of halogens is 2. The molecule has 2 rings (SSSR count). The molecule has 0 fully saturated rings. The lowest BCUT2D eigenvalue weighted by molar-refractivity contribution is 0.0947. The molecule has 0 aliphatic heterocycles. The summed E-state index contributed by atoms with van der Waals surface area (Å²) in [6.07, 6.45) is 0. The molecule has 0 bridgehead atoms. The van der Waals surface area contributed by atoms with Crippen LogP contribution in [0.4, 0.5) is 4.39 Å². The third-order valence-corrected chi connectivity index (χ3v) is 5.27. The molecule has 9 heteroatoms. The van der Waals surface area contributed by atoms with E-state index in [-0.39, 0.29) is 35.2 Å². The van der Waals surface area contributed by atoms with Crippen LogP contribution in [0.15, 0.2) is 47.4 Å². The molecule has 2 N–H and O–H groups in total. The Morgan fingerprint density at radius 2 is 1.88 bits per heavy atom. The number of benzene rings is 2. The maximum atomic E-state index is 13.7. The first kappa shape index (κ1) is 20.3. The van der Waals surface area contributed by atoms with Gasteiger partial charge in [0.15, 0.2) is 0 Å². The normalized spacial score (nSPS) is 11.3. The number of sulfonamides is 1. The zero-order valence-corrected chi connectivity index (χ0v) is 15.5. The molecule has 0 spiro atoms. The number of hydrogen-bond donors (Lipinski definition) is 2. The minimum absolute atomic E-state index is 0.0195. The van der Waals surface area contributed by atoms with Gasteiger partial charge in [0.2, 0.25) is 10.0 Å². The summed E-state index contributed by atoms with van der Waals surface area (Å²) in [7, 11) is -2.14. The highest BCUT2D eigenvalue weighted by Gasteiger charge is 2.16. The van der Waals surface area contributed by atoms with Gasteiger partial charge in [-0.05, 0) is 29.8 Å². The molecule has 2 aromatic rings. The van der Waals surface area contributed by atoms with Crippen molar-refractivity contribution in [2.24, 2.45) is 0 Å². The van der Waals surface area contributed by atoms with Crippen molar-refractivity contribution in [1.82, 2.24) is 10.0 Å². The Hall–Kier alpha value is -2.00. The minimum atomic E-state index is -3.62. The minimum Gasteiger partial charge on any atom is -0.383 e. The number of carbonyl (C=O) groups excluding carboxylic acids is 1. The first-order valence-electron chi connectivity index (χ1n) is 7.65. The van der Waals surface area contributed by atoms with Gasteiger partial charge < -0.3 is 10.1 Å². The van der Waals surface area contributed by atoms with Gasteiger partial charge >= 0.3 is 0 Å². The van der Waals surface area contributed by atoms with E-state index in [0.29, 0.717) is 5.56 Å². The number of ether oxygens (including phenoxy) is 1. The van der Waals surface area contributed by atoms with Crippen LogP contribution in [-0.2, 0) is 21.3 Å². The predicted molar refractivity (Wildman–Crippen MR) is 96.1 cm³/mol. The predicted octanol–water partition coefficient (Wildman–Crippen LogP) is 2.33. The summed E-state index contributed by atoms with van der Waals surface area (Å²) < 4.78 is 45.0. The fourth-order valence-electron chi connectivity index (χ4n) is 2.13. The highest BCUT2D eigenvalue weighted by Crippen LogP contribution is 2.19. The molecule has 0 aliphatic rings. The van der Waals surface area contributed by atoms with E-state index in [4.69, 9.17) is 16.3 Å². The maximum absolute atomic E-state index is 13.7. The van der Waals surface area contributed by atoms with Crippen molar-refractivity contribution in [1.29, 1.82) is 0 Å². The summed E-state index contributed by atoms with van der Waals surface area (Å²) in [5.74, 6) is -1.36. The molecule has 2 aromatic carbocycles. The summed E-state index contributed by atoms with van der Waals surface area (Å²) >= 11 is 5.85. The van der Waals surface area contributed by atoms with Crippen molar-refractivity contribution in [3.63, 3.8) is 0 Å². The van der Waals surface area contributed by atoms with Gasteiger partial charge in [-0.25, -0.2) is 17.5 Å². The molecule has 0 aliphatic carbocycles. The Kier molecular flexibility index (Phi) is 7.10. The van der Waals surface area contributed by atoms with Crippen LogP contribution >= 0.6 is 11.6 Å². The van der Waals surface area contributed by atoms with E-state index in [0.717, 1.165) is 6.07 Å². The molecule has 0 heterocycles. The second-order valence-corrected chi connectivity index (χ2v) is 7.49. The number of amides is 1. The molecule has 0 aromatic heterocycles. The molecular formula is C17H18ClFN2O4S. The number of hydrogen-bond acceptors (Lipinski definition) is 4. The van der Waals surface area contributed by atoms with Gasteiger partial charge in [0.05, 0.1) is 22.1 Å². The first-order chi connectivity index (χ1) is 12.3. The Morgan fingerprint density at radius 1 is 1.19 bits per heavy atom. The van der Waals surface area contributed by atoms with Crippen molar-refractivity contribution in [2.45, 2.75) is 11.4 Å². The molecule has 6 nitrogen and oxygen atoms in total. The van der Waals surface area contributed by atoms with Gasteiger partial charge in [-0.2, -0.15) is 0 Å². The number of methoxy groups -OCH3 is 1. The average molecular weight is 401 g/mol. The molecule has 0 saturated heterocycles. The van der Waals surface area contributed by atoms with Gasteiger partial charge in [-0.3, -0.25) is 4.79 Å². The second-order valence-electron chi connectivity index (χ2n) is 5.31. The zero-order valence-electron chi connectivity index (χ0n) is 14.0. The largest absolute Gasteiger partial charge is 0.383 e. The van der Waals surface area contributed by atoms with Gasteiger partial charge in [0.25, 0.3) is 5.91 Å². The fourth-order valence-corrected chi connectivity index (χ4v) is 3.40. The molecule has 26 heavy (non-hydrogen) atoms. The summed E-state index contributed by atoms with van der Waals surface area (Å²) in [6, 6.07) is 9.96. The molecular weight excluding hydrogens is 383 g/mol. The Labute approximate surface area is 156 Å². The van der Waals surface area contributed by atoms with Crippen molar-refractivity contribution in [3.8, 4) is 0 Å². The van der Waals surface area contributed by atoms with E-state index in [9.17, 15) is 17.6 Å². The smallest absolute Gasteiger partial charge is 0.256 e. The Bertz CT molecular complexity index is 853. The van der Waals surface area contributed by atoms with Crippen LogP contribution in [0.2, 0.25) is 5.02 Å². The van der Waals surface area contributed by atoms with Crippen molar-refractivity contribution in [3.05, 3.63) is 64.4 Å². The van der Waals surface area contributed by atoms with Crippen molar-refractivity contribution >= 4 is 27.5 Å². The van der Waals surface area contributed by atoms with E-state index in [1.807, 2.05) is 0 Å². The van der Waals surface area contributed by atoms with Crippen LogP contribution in [0.25, 0.3) is 0 Å². The van der Waals surface area contributed by atoms with Crippen LogP contribution in [0.5, 0.6) is 0 Å². The lowest BCUT2D eigenvalue weighted by atomic mass is 10.2. The fraction of sp³-hybridized carbons (Fsp3) is 0.235. The van der Waals surface area contributed by atoms with Crippen LogP contribution in [-0.4, -0.2) is 34.6 Å². The van der Waals surface area contributed by atoms with Gasteiger partial charge in [-0.1, -0.05) is 29.8 Å². The molecule has 1 amide bonds.